The maximum absolute atomic E-state index is 9.27. The summed E-state index contributed by atoms with van der Waals surface area (Å²) in [6.45, 7) is 4.64. The van der Waals surface area contributed by atoms with Crippen LogP contribution in [0.3, 0.4) is 0 Å². The van der Waals surface area contributed by atoms with E-state index in [1.165, 1.54) is 0 Å². The van der Waals surface area contributed by atoms with Crippen molar-refractivity contribution in [3.8, 4) is 17.3 Å². The van der Waals surface area contributed by atoms with E-state index >= 15 is 0 Å². The number of anilines is 1. The van der Waals surface area contributed by atoms with Gasteiger partial charge in [0.05, 0.1) is 18.1 Å². The minimum absolute atomic E-state index is 0.370. The predicted octanol–water partition coefficient (Wildman–Crippen LogP) is 0.547. The molecular formula is C14H17N7. The average molecular weight is 283 g/mol. The molecule has 0 spiro atoms. The first-order chi connectivity index (χ1) is 10.2. The molecule has 1 aliphatic rings. The molecule has 3 rings (SSSR count). The van der Waals surface area contributed by atoms with Gasteiger partial charge in [0.1, 0.15) is 6.07 Å². The van der Waals surface area contributed by atoms with Gasteiger partial charge in [0, 0.05) is 44.5 Å². The zero-order chi connectivity index (χ0) is 14.8. The lowest BCUT2D eigenvalue weighted by atomic mass is 10.2. The molecule has 7 heteroatoms. The molecule has 0 saturated carbocycles. The van der Waals surface area contributed by atoms with Gasteiger partial charge < -0.3 is 10.2 Å². The summed E-state index contributed by atoms with van der Waals surface area (Å²) >= 11 is 0. The summed E-state index contributed by atoms with van der Waals surface area (Å²) in [7, 11) is 1.86. The van der Waals surface area contributed by atoms with Crippen molar-refractivity contribution in [1.29, 1.82) is 5.26 Å². The van der Waals surface area contributed by atoms with E-state index in [-0.39, 0.29) is 0 Å². The van der Waals surface area contributed by atoms with Crippen LogP contribution in [0.5, 0.6) is 0 Å². The first-order valence-corrected chi connectivity index (χ1v) is 6.92. The van der Waals surface area contributed by atoms with Gasteiger partial charge in [-0.1, -0.05) is 0 Å². The number of nitrogens with zero attached hydrogens (tertiary/aromatic N) is 6. The molecule has 1 saturated heterocycles. The standard InChI is InChI=1S/C14H17N7/c1-10-8-21(4-3-16-10)14-12(5-15)17-7-13(19-14)11-6-18-20(2)9-11/h6-7,9-10,16H,3-4,8H2,1-2H3. The van der Waals surface area contributed by atoms with Crippen molar-refractivity contribution in [1.82, 2.24) is 25.1 Å². The zero-order valence-electron chi connectivity index (χ0n) is 12.1. The Labute approximate surface area is 123 Å². The van der Waals surface area contributed by atoms with Gasteiger partial charge in [-0.25, -0.2) is 9.97 Å². The van der Waals surface area contributed by atoms with Crippen molar-refractivity contribution in [3.63, 3.8) is 0 Å². The Morgan fingerprint density at radius 3 is 2.95 bits per heavy atom. The average Bonchev–Trinajstić information content (AvgIpc) is 2.93. The maximum Gasteiger partial charge on any atom is 0.183 e. The molecule has 7 nitrogen and oxygen atoms in total. The molecule has 3 heterocycles. The number of piperazine rings is 1. The molecule has 1 atom stereocenters. The summed E-state index contributed by atoms with van der Waals surface area (Å²) in [4.78, 5) is 11.0. The quantitative estimate of drug-likeness (QED) is 0.866. The van der Waals surface area contributed by atoms with Crippen LogP contribution in [0.1, 0.15) is 12.6 Å². The van der Waals surface area contributed by atoms with E-state index in [1.54, 1.807) is 17.1 Å². The fraction of sp³-hybridized carbons (Fsp3) is 0.429. The van der Waals surface area contributed by atoms with E-state index in [0.717, 1.165) is 30.9 Å². The Balaban J connectivity index is 1.99. The number of rotatable bonds is 2. The second-order valence-electron chi connectivity index (χ2n) is 5.24. The Bertz CT molecular complexity index is 685. The fourth-order valence-corrected chi connectivity index (χ4v) is 2.50. The normalized spacial score (nSPS) is 18.5. The third-order valence-corrected chi connectivity index (χ3v) is 3.53. The van der Waals surface area contributed by atoms with Gasteiger partial charge in [0.25, 0.3) is 0 Å². The third-order valence-electron chi connectivity index (χ3n) is 3.53. The number of nitriles is 1. The summed E-state index contributed by atoms with van der Waals surface area (Å²) in [6, 6.07) is 2.50. The summed E-state index contributed by atoms with van der Waals surface area (Å²) in [6.07, 6.45) is 5.27. The van der Waals surface area contributed by atoms with Crippen LogP contribution < -0.4 is 10.2 Å². The van der Waals surface area contributed by atoms with Crippen molar-refractivity contribution in [2.45, 2.75) is 13.0 Å². The number of hydrogen-bond donors (Lipinski definition) is 1. The Morgan fingerprint density at radius 1 is 1.43 bits per heavy atom. The predicted molar refractivity (Wildman–Crippen MR) is 78.6 cm³/mol. The molecule has 0 radical (unpaired) electrons. The van der Waals surface area contributed by atoms with Crippen LogP contribution in [0.2, 0.25) is 0 Å². The molecule has 0 bridgehead atoms. The van der Waals surface area contributed by atoms with Gasteiger partial charge in [-0.15, -0.1) is 0 Å². The van der Waals surface area contributed by atoms with Gasteiger partial charge in [-0.3, -0.25) is 4.68 Å². The number of nitrogens with one attached hydrogen (secondary N) is 1. The highest BCUT2D eigenvalue weighted by atomic mass is 15.3. The Hall–Kier alpha value is -2.46. The topological polar surface area (TPSA) is 82.7 Å². The third kappa shape index (κ3) is 2.71. The van der Waals surface area contributed by atoms with E-state index in [0.29, 0.717) is 17.6 Å². The van der Waals surface area contributed by atoms with Crippen molar-refractivity contribution >= 4 is 5.82 Å². The first kappa shape index (κ1) is 13.5. The maximum atomic E-state index is 9.27. The van der Waals surface area contributed by atoms with Crippen molar-refractivity contribution < 1.29 is 0 Å². The molecule has 2 aromatic heterocycles. The zero-order valence-corrected chi connectivity index (χ0v) is 12.1. The summed E-state index contributed by atoms with van der Waals surface area (Å²) in [5.74, 6) is 0.659. The lowest BCUT2D eigenvalue weighted by Gasteiger charge is -2.33. The molecule has 1 N–H and O–H groups in total. The molecule has 0 aromatic carbocycles. The Kier molecular flexibility index (Phi) is 3.54. The second kappa shape index (κ2) is 5.50. The number of aromatic nitrogens is 4. The van der Waals surface area contributed by atoms with Crippen molar-refractivity contribution in [3.05, 3.63) is 24.3 Å². The monoisotopic (exact) mass is 283 g/mol. The summed E-state index contributed by atoms with van der Waals surface area (Å²) in [5, 5.41) is 16.8. The molecule has 1 unspecified atom stereocenters. The van der Waals surface area contributed by atoms with Gasteiger partial charge >= 0.3 is 0 Å². The van der Waals surface area contributed by atoms with Crippen molar-refractivity contribution in [2.24, 2.45) is 7.05 Å². The van der Waals surface area contributed by atoms with Gasteiger partial charge in [-0.05, 0) is 6.92 Å². The lowest BCUT2D eigenvalue weighted by molar-refractivity contribution is 0.482. The molecule has 0 aliphatic carbocycles. The first-order valence-electron chi connectivity index (χ1n) is 6.92. The van der Waals surface area contributed by atoms with Gasteiger partial charge in [0.15, 0.2) is 11.5 Å². The number of hydrogen-bond acceptors (Lipinski definition) is 6. The second-order valence-corrected chi connectivity index (χ2v) is 5.24. The molecule has 0 amide bonds. The van der Waals surface area contributed by atoms with Gasteiger partial charge in [-0.2, -0.15) is 10.4 Å². The molecule has 108 valence electrons. The van der Waals surface area contributed by atoms with Crippen LogP contribution in [-0.4, -0.2) is 45.4 Å². The highest BCUT2D eigenvalue weighted by Gasteiger charge is 2.21. The van der Waals surface area contributed by atoms with E-state index in [2.05, 4.69) is 38.3 Å². The molecule has 2 aromatic rings. The fourth-order valence-electron chi connectivity index (χ4n) is 2.50. The molecule has 1 aliphatic heterocycles. The minimum atomic E-state index is 0.370. The van der Waals surface area contributed by atoms with Crippen molar-refractivity contribution in [2.75, 3.05) is 24.5 Å². The Morgan fingerprint density at radius 2 is 2.29 bits per heavy atom. The molecule has 1 fully saturated rings. The molecule has 21 heavy (non-hydrogen) atoms. The van der Waals surface area contributed by atoms with E-state index in [9.17, 15) is 5.26 Å². The SMILES string of the molecule is CC1CN(c2nc(-c3cnn(C)c3)cnc2C#N)CCN1. The van der Waals surface area contributed by atoms with Gasteiger partial charge in [0.2, 0.25) is 0 Å². The van der Waals surface area contributed by atoms with Crippen LogP contribution in [-0.2, 0) is 7.05 Å². The van der Waals surface area contributed by atoms with Crippen LogP contribution >= 0.6 is 0 Å². The van der Waals surface area contributed by atoms with Crippen LogP contribution in [0.25, 0.3) is 11.3 Å². The van der Waals surface area contributed by atoms with E-state index in [1.807, 2.05) is 13.2 Å². The summed E-state index contributed by atoms with van der Waals surface area (Å²) in [5.41, 5.74) is 2.01. The van der Waals surface area contributed by atoms with Crippen LogP contribution in [0.15, 0.2) is 18.6 Å². The van der Waals surface area contributed by atoms with E-state index in [4.69, 9.17) is 0 Å². The van der Waals surface area contributed by atoms with Crippen LogP contribution in [0.4, 0.5) is 5.82 Å². The minimum Gasteiger partial charge on any atom is -0.351 e. The molecular weight excluding hydrogens is 266 g/mol. The summed E-state index contributed by atoms with van der Waals surface area (Å²) < 4.78 is 1.72. The smallest absolute Gasteiger partial charge is 0.183 e. The van der Waals surface area contributed by atoms with Crippen LogP contribution in [0, 0.1) is 11.3 Å². The largest absolute Gasteiger partial charge is 0.351 e. The lowest BCUT2D eigenvalue weighted by Crippen LogP contribution is -2.49. The number of aryl methyl sites for hydroxylation is 1. The van der Waals surface area contributed by atoms with E-state index < -0.39 is 0 Å². The highest BCUT2D eigenvalue weighted by Crippen LogP contribution is 2.22. The highest BCUT2D eigenvalue weighted by molar-refractivity contribution is 5.61.